The molecule has 0 saturated carbocycles. The molecule has 2 N–H and O–H groups in total. The minimum absolute atomic E-state index is 0.547. The molecular formula is C16H19N5. The molecule has 5 nitrogen and oxygen atoms in total. The average molecular weight is 281 g/mol. The Labute approximate surface area is 124 Å². The zero-order chi connectivity index (χ0) is 14.7. The van der Waals surface area contributed by atoms with Crippen LogP contribution in [0.15, 0.2) is 24.3 Å². The van der Waals surface area contributed by atoms with E-state index in [1.807, 2.05) is 24.3 Å². The fourth-order valence-electron chi connectivity index (χ4n) is 2.62. The number of terminal acetylenes is 1. The van der Waals surface area contributed by atoms with Crippen molar-refractivity contribution in [3.8, 4) is 12.3 Å². The van der Waals surface area contributed by atoms with Gasteiger partial charge < -0.3 is 10.6 Å². The second kappa shape index (κ2) is 5.98. The second-order valence-corrected chi connectivity index (χ2v) is 5.21. The maximum absolute atomic E-state index is 6.05. The fraction of sp³-hybridized carbons (Fsp3) is 0.375. The highest BCUT2D eigenvalue weighted by molar-refractivity contribution is 5.88. The van der Waals surface area contributed by atoms with Crippen molar-refractivity contribution in [3.05, 3.63) is 24.3 Å². The van der Waals surface area contributed by atoms with Crippen LogP contribution in [0, 0.1) is 12.3 Å². The van der Waals surface area contributed by atoms with Gasteiger partial charge in [-0.25, -0.2) is 4.98 Å². The van der Waals surface area contributed by atoms with E-state index in [2.05, 4.69) is 25.7 Å². The van der Waals surface area contributed by atoms with E-state index < -0.39 is 0 Å². The average Bonchev–Trinajstić information content (AvgIpc) is 2.53. The van der Waals surface area contributed by atoms with Gasteiger partial charge in [-0.15, -0.1) is 12.3 Å². The van der Waals surface area contributed by atoms with Crippen molar-refractivity contribution in [2.24, 2.45) is 0 Å². The van der Waals surface area contributed by atoms with Gasteiger partial charge in [0, 0.05) is 44.5 Å². The van der Waals surface area contributed by atoms with Crippen LogP contribution >= 0.6 is 0 Å². The fourth-order valence-corrected chi connectivity index (χ4v) is 2.62. The summed E-state index contributed by atoms with van der Waals surface area (Å²) < 4.78 is 0. The molecule has 1 aliphatic heterocycles. The molecule has 0 atom stereocenters. The number of anilines is 2. The Kier molecular flexibility index (Phi) is 3.89. The first-order valence-corrected chi connectivity index (χ1v) is 7.21. The summed E-state index contributed by atoms with van der Waals surface area (Å²) in [6.07, 6.45) is 6.12. The zero-order valence-electron chi connectivity index (χ0n) is 12.0. The van der Waals surface area contributed by atoms with Gasteiger partial charge in [-0.3, -0.25) is 4.90 Å². The van der Waals surface area contributed by atoms with E-state index in [4.69, 9.17) is 12.2 Å². The van der Waals surface area contributed by atoms with Crippen molar-refractivity contribution in [2.75, 3.05) is 43.4 Å². The first-order chi connectivity index (χ1) is 10.3. The lowest BCUT2D eigenvalue weighted by Crippen LogP contribution is -2.47. The van der Waals surface area contributed by atoms with Crippen molar-refractivity contribution in [3.63, 3.8) is 0 Å². The van der Waals surface area contributed by atoms with E-state index in [0.717, 1.165) is 56.0 Å². The van der Waals surface area contributed by atoms with Crippen molar-refractivity contribution >= 4 is 22.7 Å². The lowest BCUT2D eigenvalue weighted by molar-refractivity contribution is 0.262. The largest absolute Gasteiger partial charge is 0.383 e. The lowest BCUT2D eigenvalue weighted by atomic mass is 10.2. The summed E-state index contributed by atoms with van der Waals surface area (Å²) in [5.74, 6) is 3.96. The number of nitrogens with two attached hydrogens (primary N) is 1. The van der Waals surface area contributed by atoms with Gasteiger partial charge in [0.15, 0.2) is 0 Å². The molecule has 1 aromatic heterocycles. The summed E-state index contributed by atoms with van der Waals surface area (Å²) in [5.41, 5.74) is 6.94. The molecule has 0 bridgehead atoms. The molecule has 0 unspecified atom stereocenters. The maximum atomic E-state index is 6.05. The smallest absolute Gasteiger partial charge is 0.227 e. The van der Waals surface area contributed by atoms with Crippen molar-refractivity contribution < 1.29 is 0 Å². The first-order valence-electron chi connectivity index (χ1n) is 7.21. The third kappa shape index (κ3) is 2.91. The van der Waals surface area contributed by atoms with Crippen LogP contribution in [0.1, 0.15) is 6.42 Å². The van der Waals surface area contributed by atoms with E-state index in [-0.39, 0.29) is 0 Å². The van der Waals surface area contributed by atoms with Crippen LogP contribution in [0.4, 0.5) is 11.8 Å². The molecule has 0 radical (unpaired) electrons. The van der Waals surface area contributed by atoms with Crippen LogP contribution in [0.3, 0.4) is 0 Å². The summed E-state index contributed by atoms with van der Waals surface area (Å²) in [5, 5.41) is 0.911. The standard InChI is InChI=1S/C16H19N5/c1-2-3-8-20-9-11-21(12-10-20)16-18-14-7-5-4-6-13(14)15(17)19-16/h1,4-7H,3,8-12H2,(H2,17,18,19). The molecule has 0 aliphatic carbocycles. The first kappa shape index (κ1) is 13.7. The van der Waals surface area contributed by atoms with E-state index in [1.54, 1.807) is 0 Å². The number of hydrogen-bond acceptors (Lipinski definition) is 5. The molecular weight excluding hydrogens is 262 g/mol. The molecule has 2 heterocycles. The summed E-state index contributed by atoms with van der Waals surface area (Å²) in [7, 11) is 0. The van der Waals surface area contributed by atoms with Crippen LogP contribution < -0.4 is 10.6 Å². The number of aromatic nitrogens is 2. The molecule has 0 spiro atoms. The second-order valence-electron chi connectivity index (χ2n) is 5.21. The Bertz CT molecular complexity index is 668. The Morgan fingerprint density at radius 3 is 2.67 bits per heavy atom. The van der Waals surface area contributed by atoms with Crippen LogP contribution in [-0.2, 0) is 0 Å². The van der Waals surface area contributed by atoms with Gasteiger partial charge in [0.2, 0.25) is 5.95 Å². The van der Waals surface area contributed by atoms with Gasteiger partial charge in [0.25, 0.3) is 0 Å². The molecule has 21 heavy (non-hydrogen) atoms. The highest BCUT2D eigenvalue weighted by atomic mass is 15.3. The number of rotatable bonds is 3. The van der Waals surface area contributed by atoms with E-state index >= 15 is 0 Å². The molecule has 0 amide bonds. The number of fused-ring (bicyclic) bond motifs is 1. The highest BCUT2D eigenvalue weighted by Gasteiger charge is 2.19. The van der Waals surface area contributed by atoms with Crippen molar-refractivity contribution in [1.82, 2.24) is 14.9 Å². The van der Waals surface area contributed by atoms with E-state index in [0.29, 0.717) is 5.82 Å². The third-order valence-corrected chi connectivity index (χ3v) is 3.85. The molecule has 1 fully saturated rings. The monoisotopic (exact) mass is 281 g/mol. The quantitative estimate of drug-likeness (QED) is 0.861. The summed E-state index contributed by atoms with van der Waals surface area (Å²) in [6, 6.07) is 7.84. The predicted molar refractivity (Wildman–Crippen MR) is 86.1 cm³/mol. The molecule has 1 aromatic carbocycles. The molecule has 3 rings (SSSR count). The Balaban J connectivity index is 1.75. The van der Waals surface area contributed by atoms with E-state index in [9.17, 15) is 0 Å². The molecule has 1 saturated heterocycles. The number of nitrogens with zero attached hydrogens (tertiary/aromatic N) is 4. The van der Waals surface area contributed by atoms with Gasteiger partial charge in [-0.2, -0.15) is 4.98 Å². The van der Waals surface area contributed by atoms with Gasteiger partial charge in [0.1, 0.15) is 5.82 Å². The Hall–Kier alpha value is -2.32. The minimum atomic E-state index is 0.547. The third-order valence-electron chi connectivity index (χ3n) is 3.85. The summed E-state index contributed by atoms with van der Waals surface area (Å²) in [6.45, 7) is 4.74. The lowest BCUT2D eigenvalue weighted by Gasteiger charge is -2.34. The van der Waals surface area contributed by atoms with Crippen LogP contribution in [-0.4, -0.2) is 47.6 Å². The van der Waals surface area contributed by atoms with Gasteiger partial charge in [-0.05, 0) is 12.1 Å². The summed E-state index contributed by atoms with van der Waals surface area (Å²) >= 11 is 0. The summed E-state index contributed by atoms with van der Waals surface area (Å²) in [4.78, 5) is 13.7. The number of nitrogen functional groups attached to an aromatic ring is 1. The van der Waals surface area contributed by atoms with E-state index in [1.165, 1.54) is 0 Å². The molecule has 108 valence electrons. The molecule has 1 aliphatic rings. The van der Waals surface area contributed by atoms with Crippen LogP contribution in [0.25, 0.3) is 10.9 Å². The number of benzene rings is 1. The van der Waals surface area contributed by atoms with Gasteiger partial charge in [0.05, 0.1) is 5.52 Å². The predicted octanol–water partition coefficient (Wildman–Crippen LogP) is 1.36. The van der Waals surface area contributed by atoms with Gasteiger partial charge in [-0.1, -0.05) is 12.1 Å². The highest BCUT2D eigenvalue weighted by Crippen LogP contribution is 2.21. The van der Waals surface area contributed by atoms with Crippen LogP contribution in [0.2, 0.25) is 0 Å². The van der Waals surface area contributed by atoms with Crippen molar-refractivity contribution in [1.29, 1.82) is 0 Å². The van der Waals surface area contributed by atoms with Crippen LogP contribution in [0.5, 0.6) is 0 Å². The minimum Gasteiger partial charge on any atom is -0.383 e. The number of piperazine rings is 1. The SMILES string of the molecule is C#CCCN1CCN(c2nc(N)c3ccccc3n2)CC1. The van der Waals surface area contributed by atoms with Gasteiger partial charge >= 0.3 is 0 Å². The maximum Gasteiger partial charge on any atom is 0.227 e. The topological polar surface area (TPSA) is 58.3 Å². The number of hydrogen-bond donors (Lipinski definition) is 1. The molecule has 5 heteroatoms. The molecule has 2 aromatic rings. The normalized spacial score (nSPS) is 16.0. The zero-order valence-corrected chi connectivity index (χ0v) is 12.0. The number of para-hydroxylation sites is 1. The van der Waals surface area contributed by atoms with Crippen molar-refractivity contribution in [2.45, 2.75) is 6.42 Å². The Morgan fingerprint density at radius 2 is 1.90 bits per heavy atom. The Morgan fingerprint density at radius 1 is 1.14 bits per heavy atom.